The van der Waals surface area contributed by atoms with Crippen LogP contribution in [0.25, 0.3) is 10.9 Å². The van der Waals surface area contributed by atoms with Crippen LogP contribution in [-0.2, 0) is 11.2 Å². The van der Waals surface area contributed by atoms with Gasteiger partial charge in [-0.15, -0.1) is 0 Å². The van der Waals surface area contributed by atoms with Crippen LogP contribution in [0.15, 0.2) is 30.5 Å². The average Bonchev–Trinajstić information content (AvgIpc) is 2.94. The van der Waals surface area contributed by atoms with Gasteiger partial charge < -0.3 is 25.6 Å². The molecule has 6 heteroatoms. The second-order valence-corrected chi connectivity index (χ2v) is 5.16. The molecule has 1 aromatic carbocycles. The number of carbonyl (C=O) groups excluding carboxylic acids is 1. The minimum atomic E-state index is -1.36. The van der Waals surface area contributed by atoms with E-state index < -0.39 is 25.4 Å². The second kappa shape index (κ2) is 6.71. The summed E-state index contributed by atoms with van der Waals surface area (Å²) in [5, 5.41) is 31.1. The van der Waals surface area contributed by atoms with Crippen molar-refractivity contribution in [1.82, 2.24) is 10.3 Å². The topological polar surface area (TPSA) is 106 Å². The van der Waals surface area contributed by atoms with Crippen molar-refractivity contribution >= 4 is 16.8 Å². The van der Waals surface area contributed by atoms with E-state index in [1.165, 1.54) is 0 Å². The molecule has 0 spiro atoms. The van der Waals surface area contributed by atoms with Crippen molar-refractivity contribution in [2.75, 3.05) is 19.8 Å². The van der Waals surface area contributed by atoms with Crippen LogP contribution in [0.5, 0.6) is 0 Å². The van der Waals surface area contributed by atoms with Crippen LogP contribution in [0, 0.1) is 0 Å². The fourth-order valence-corrected chi connectivity index (χ4v) is 2.21. The highest BCUT2D eigenvalue weighted by Gasteiger charge is 2.29. The summed E-state index contributed by atoms with van der Waals surface area (Å²) in [5.41, 5.74) is 0.684. The Hall–Kier alpha value is -1.89. The number of aliphatic hydroxyl groups is 3. The number of aromatic amines is 1. The lowest BCUT2D eigenvalue weighted by atomic mass is 10.0. The zero-order valence-electron chi connectivity index (χ0n) is 11.7. The van der Waals surface area contributed by atoms with Crippen LogP contribution in [0.2, 0.25) is 0 Å². The largest absolute Gasteiger partial charge is 0.394 e. The molecule has 5 N–H and O–H groups in total. The van der Waals surface area contributed by atoms with E-state index in [9.17, 15) is 20.1 Å². The summed E-state index contributed by atoms with van der Waals surface area (Å²) < 4.78 is 0. The smallest absolute Gasteiger partial charge is 0.220 e. The molecule has 0 saturated carbocycles. The summed E-state index contributed by atoms with van der Waals surface area (Å²) >= 11 is 0. The lowest BCUT2D eigenvalue weighted by Crippen LogP contribution is -2.57. The molecule has 0 aliphatic heterocycles. The van der Waals surface area contributed by atoms with Gasteiger partial charge in [0.05, 0.1) is 19.8 Å². The van der Waals surface area contributed by atoms with Crippen molar-refractivity contribution in [3.05, 3.63) is 36.0 Å². The Labute approximate surface area is 122 Å². The molecule has 0 atom stereocenters. The van der Waals surface area contributed by atoms with Gasteiger partial charge in [-0.05, 0) is 18.1 Å². The molecule has 0 radical (unpaired) electrons. The number of hydrogen-bond donors (Lipinski definition) is 5. The molecule has 0 saturated heterocycles. The quantitative estimate of drug-likeness (QED) is 0.492. The number of H-pyrrole nitrogens is 1. The minimum absolute atomic E-state index is 0.212. The predicted octanol–water partition coefficient (Wildman–Crippen LogP) is -0.0676. The number of benzene rings is 1. The van der Waals surface area contributed by atoms with Crippen molar-refractivity contribution < 1.29 is 20.1 Å². The number of hydrogen-bond acceptors (Lipinski definition) is 4. The summed E-state index contributed by atoms with van der Waals surface area (Å²) in [5.74, 6) is -0.322. The van der Waals surface area contributed by atoms with Gasteiger partial charge in [-0.2, -0.15) is 0 Å². The second-order valence-electron chi connectivity index (χ2n) is 5.16. The number of aliphatic hydroxyl groups excluding tert-OH is 3. The summed E-state index contributed by atoms with van der Waals surface area (Å²) in [6, 6.07) is 7.83. The molecule has 2 aromatic rings. The molecular formula is C15H20N2O4. The highest BCUT2D eigenvalue weighted by atomic mass is 16.3. The van der Waals surface area contributed by atoms with E-state index in [4.69, 9.17) is 0 Å². The molecule has 0 bridgehead atoms. The van der Waals surface area contributed by atoms with Crippen LogP contribution in [0.4, 0.5) is 0 Å². The predicted molar refractivity (Wildman–Crippen MR) is 78.8 cm³/mol. The third-order valence-corrected chi connectivity index (χ3v) is 3.61. The Bertz CT molecular complexity index is 596. The maximum atomic E-state index is 11.9. The Morgan fingerprint density at radius 2 is 1.81 bits per heavy atom. The standard InChI is InChI=1S/C15H20N2O4/c18-8-15(9-19,10-20)17-14(21)6-5-11-7-16-13-4-2-1-3-12(11)13/h1-4,7,16,18-20H,5-6,8-10H2,(H,17,21). The van der Waals surface area contributed by atoms with Gasteiger partial charge in [0.2, 0.25) is 5.91 Å². The summed E-state index contributed by atoms with van der Waals surface area (Å²) in [6.07, 6.45) is 2.62. The summed E-state index contributed by atoms with van der Waals surface area (Å²) in [7, 11) is 0. The third kappa shape index (κ3) is 3.41. The molecule has 0 aliphatic carbocycles. The molecular weight excluding hydrogens is 272 g/mol. The van der Waals surface area contributed by atoms with Crippen molar-refractivity contribution in [3.63, 3.8) is 0 Å². The Balaban J connectivity index is 1.98. The van der Waals surface area contributed by atoms with Crippen LogP contribution in [0.3, 0.4) is 0 Å². The van der Waals surface area contributed by atoms with E-state index in [0.717, 1.165) is 16.5 Å². The zero-order valence-corrected chi connectivity index (χ0v) is 11.7. The van der Waals surface area contributed by atoms with E-state index in [1.807, 2.05) is 30.5 Å². The van der Waals surface area contributed by atoms with E-state index in [2.05, 4.69) is 10.3 Å². The van der Waals surface area contributed by atoms with Crippen LogP contribution < -0.4 is 5.32 Å². The molecule has 0 unspecified atom stereocenters. The number of fused-ring (bicyclic) bond motifs is 1. The van der Waals surface area contributed by atoms with Gasteiger partial charge in [0.1, 0.15) is 5.54 Å². The van der Waals surface area contributed by atoms with Gasteiger partial charge in [-0.25, -0.2) is 0 Å². The number of nitrogens with one attached hydrogen (secondary N) is 2. The van der Waals surface area contributed by atoms with Crippen LogP contribution in [0.1, 0.15) is 12.0 Å². The van der Waals surface area contributed by atoms with Gasteiger partial charge >= 0.3 is 0 Å². The molecule has 1 amide bonds. The van der Waals surface area contributed by atoms with Crippen molar-refractivity contribution in [2.45, 2.75) is 18.4 Å². The number of aromatic nitrogens is 1. The number of rotatable bonds is 7. The lowest BCUT2D eigenvalue weighted by molar-refractivity contribution is -0.125. The number of aryl methyl sites for hydroxylation is 1. The van der Waals surface area contributed by atoms with Crippen LogP contribution in [-0.4, -0.2) is 51.6 Å². The monoisotopic (exact) mass is 292 g/mol. The molecule has 1 aromatic heterocycles. The van der Waals surface area contributed by atoms with Gasteiger partial charge in [-0.1, -0.05) is 18.2 Å². The molecule has 21 heavy (non-hydrogen) atoms. The Morgan fingerprint density at radius 1 is 1.14 bits per heavy atom. The van der Waals surface area contributed by atoms with Gasteiger partial charge in [0.15, 0.2) is 0 Å². The fraction of sp³-hybridized carbons (Fsp3) is 0.400. The molecule has 1 heterocycles. The maximum Gasteiger partial charge on any atom is 0.220 e. The summed E-state index contributed by atoms with van der Waals surface area (Å²) in [6.45, 7) is -1.55. The first-order chi connectivity index (χ1) is 10.1. The van der Waals surface area contributed by atoms with Crippen LogP contribution >= 0.6 is 0 Å². The van der Waals surface area contributed by atoms with Gasteiger partial charge in [-0.3, -0.25) is 4.79 Å². The van der Waals surface area contributed by atoms with E-state index in [1.54, 1.807) is 0 Å². The molecule has 0 aliphatic rings. The van der Waals surface area contributed by atoms with Crippen molar-refractivity contribution in [2.24, 2.45) is 0 Å². The van der Waals surface area contributed by atoms with Gasteiger partial charge in [0, 0.05) is 23.5 Å². The number of carbonyl (C=O) groups is 1. The Kier molecular flexibility index (Phi) is 4.95. The summed E-state index contributed by atoms with van der Waals surface area (Å²) in [4.78, 5) is 15.1. The van der Waals surface area contributed by atoms with E-state index >= 15 is 0 Å². The molecule has 0 fully saturated rings. The molecule has 2 rings (SSSR count). The van der Waals surface area contributed by atoms with E-state index in [-0.39, 0.29) is 12.3 Å². The van der Waals surface area contributed by atoms with Crippen molar-refractivity contribution in [3.8, 4) is 0 Å². The lowest BCUT2D eigenvalue weighted by Gasteiger charge is -2.28. The molecule has 114 valence electrons. The zero-order chi connectivity index (χ0) is 15.3. The number of para-hydroxylation sites is 1. The minimum Gasteiger partial charge on any atom is -0.394 e. The van der Waals surface area contributed by atoms with Crippen molar-refractivity contribution in [1.29, 1.82) is 0 Å². The first-order valence-corrected chi connectivity index (χ1v) is 6.83. The third-order valence-electron chi connectivity index (χ3n) is 3.61. The highest BCUT2D eigenvalue weighted by Crippen LogP contribution is 2.19. The van der Waals surface area contributed by atoms with E-state index in [0.29, 0.717) is 6.42 Å². The highest BCUT2D eigenvalue weighted by molar-refractivity contribution is 5.84. The first-order valence-electron chi connectivity index (χ1n) is 6.83. The SMILES string of the molecule is O=C(CCc1c[nH]c2ccccc12)NC(CO)(CO)CO. The Morgan fingerprint density at radius 3 is 2.48 bits per heavy atom. The maximum absolute atomic E-state index is 11.9. The fourth-order valence-electron chi connectivity index (χ4n) is 2.21. The van der Waals surface area contributed by atoms with Gasteiger partial charge in [0.25, 0.3) is 0 Å². The normalized spacial score (nSPS) is 11.8. The molecule has 6 nitrogen and oxygen atoms in total. The number of amides is 1. The first kappa shape index (κ1) is 15.5. The average molecular weight is 292 g/mol.